The Morgan fingerprint density at radius 3 is 2.78 bits per heavy atom. The zero-order chi connectivity index (χ0) is 13.0. The van der Waals surface area contributed by atoms with Gasteiger partial charge in [-0.2, -0.15) is 4.98 Å². The van der Waals surface area contributed by atoms with Gasteiger partial charge in [0.2, 0.25) is 0 Å². The first kappa shape index (κ1) is 13.0. The first-order valence-corrected chi connectivity index (χ1v) is 5.95. The van der Waals surface area contributed by atoms with E-state index in [-0.39, 0.29) is 11.7 Å². The van der Waals surface area contributed by atoms with E-state index in [4.69, 9.17) is 9.47 Å². The van der Waals surface area contributed by atoms with Gasteiger partial charge in [-0.25, -0.2) is 8.78 Å². The van der Waals surface area contributed by atoms with Gasteiger partial charge >= 0.3 is 0 Å². The maximum atomic E-state index is 13.4. The molecule has 0 spiro atoms. The topological polar surface area (TPSA) is 43.4 Å². The molecule has 1 aliphatic rings. The molecule has 0 saturated carbocycles. The summed E-state index contributed by atoms with van der Waals surface area (Å²) in [5, 5.41) is 2.55. The molecule has 0 radical (unpaired) electrons. The molecule has 0 atom stereocenters. The Balaban J connectivity index is 1.99. The molecule has 0 aromatic carbocycles. The molecule has 100 valence electrons. The molecule has 1 saturated heterocycles. The van der Waals surface area contributed by atoms with E-state index >= 15 is 0 Å². The van der Waals surface area contributed by atoms with Crippen molar-refractivity contribution in [2.45, 2.75) is 12.8 Å². The highest BCUT2D eigenvalue weighted by Crippen LogP contribution is 2.22. The minimum Gasteiger partial charge on any atom is -0.475 e. The lowest BCUT2D eigenvalue weighted by atomic mass is 10.0. The van der Waals surface area contributed by atoms with Gasteiger partial charge in [0.1, 0.15) is 0 Å². The number of rotatable bonds is 4. The highest BCUT2D eigenvalue weighted by atomic mass is 19.1. The van der Waals surface area contributed by atoms with E-state index in [1.165, 1.54) is 7.05 Å². The summed E-state index contributed by atoms with van der Waals surface area (Å²) in [5.41, 5.74) is 0. The molecule has 0 aliphatic carbocycles. The smallest absolute Gasteiger partial charge is 0.252 e. The fraction of sp³-hybridized carbons (Fsp3) is 0.583. The summed E-state index contributed by atoms with van der Waals surface area (Å²) in [6, 6.07) is 0.776. The number of halogens is 2. The van der Waals surface area contributed by atoms with Crippen LogP contribution in [0.15, 0.2) is 6.07 Å². The minimum atomic E-state index is -0.779. The molecule has 0 bridgehead atoms. The summed E-state index contributed by atoms with van der Waals surface area (Å²) in [6.07, 6.45) is 1.78. The third kappa shape index (κ3) is 3.07. The van der Waals surface area contributed by atoms with Crippen molar-refractivity contribution in [1.29, 1.82) is 0 Å². The van der Waals surface area contributed by atoms with E-state index in [9.17, 15) is 8.78 Å². The summed E-state index contributed by atoms with van der Waals surface area (Å²) in [5.74, 6) is -1.35. The Hall–Kier alpha value is -1.43. The maximum Gasteiger partial charge on any atom is 0.252 e. The van der Waals surface area contributed by atoms with Crippen LogP contribution in [-0.4, -0.2) is 31.9 Å². The second-order valence-electron chi connectivity index (χ2n) is 4.22. The molecule has 18 heavy (non-hydrogen) atoms. The van der Waals surface area contributed by atoms with Crippen LogP contribution in [0.1, 0.15) is 12.8 Å². The lowest BCUT2D eigenvalue weighted by Crippen LogP contribution is -2.22. The SMILES string of the molecule is CNc1nc(OCC2CCOCC2)c(F)cc1F. The Bertz CT molecular complexity index is 409. The predicted molar refractivity (Wildman–Crippen MR) is 62.7 cm³/mol. The van der Waals surface area contributed by atoms with Crippen molar-refractivity contribution in [2.75, 3.05) is 32.2 Å². The molecule has 0 unspecified atom stereocenters. The minimum absolute atomic E-state index is 0.0154. The molecular weight excluding hydrogens is 242 g/mol. The van der Waals surface area contributed by atoms with Gasteiger partial charge in [0.25, 0.3) is 5.88 Å². The van der Waals surface area contributed by atoms with Crippen molar-refractivity contribution in [2.24, 2.45) is 5.92 Å². The predicted octanol–water partition coefficient (Wildman–Crippen LogP) is 2.21. The van der Waals surface area contributed by atoms with Crippen LogP contribution in [0.3, 0.4) is 0 Å². The fourth-order valence-corrected chi connectivity index (χ4v) is 1.84. The molecule has 1 aromatic rings. The van der Waals surface area contributed by atoms with Crippen LogP contribution in [-0.2, 0) is 4.74 Å². The van der Waals surface area contributed by atoms with Crippen LogP contribution in [0.4, 0.5) is 14.6 Å². The average Bonchev–Trinajstić information content (AvgIpc) is 2.39. The van der Waals surface area contributed by atoms with Crippen molar-refractivity contribution in [3.8, 4) is 5.88 Å². The first-order chi connectivity index (χ1) is 8.70. The van der Waals surface area contributed by atoms with Gasteiger partial charge in [0, 0.05) is 26.3 Å². The van der Waals surface area contributed by atoms with Crippen LogP contribution >= 0.6 is 0 Å². The van der Waals surface area contributed by atoms with E-state index in [1.54, 1.807) is 0 Å². The lowest BCUT2D eigenvalue weighted by Gasteiger charge is -2.21. The lowest BCUT2D eigenvalue weighted by molar-refractivity contribution is 0.0483. The number of anilines is 1. The van der Waals surface area contributed by atoms with Crippen molar-refractivity contribution in [3.63, 3.8) is 0 Å². The fourth-order valence-electron chi connectivity index (χ4n) is 1.84. The number of nitrogens with zero attached hydrogens (tertiary/aromatic N) is 1. The molecule has 1 aliphatic heterocycles. The molecule has 2 heterocycles. The van der Waals surface area contributed by atoms with Crippen molar-refractivity contribution in [3.05, 3.63) is 17.7 Å². The van der Waals surface area contributed by atoms with E-state index in [2.05, 4.69) is 10.3 Å². The molecule has 1 aromatic heterocycles. The zero-order valence-corrected chi connectivity index (χ0v) is 10.2. The second-order valence-corrected chi connectivity index (χ2v) is 4.22. The van der Waals surface area contributed by atoms with Crippen molar-refractivity contribution in [1.82, 2.24) is 4.98 Å². The number of ether oxygens (including phenoxy) is 2. The highest BCUT2D eigenvalue weighted by Gasteiger charge is 2.17. The van der Waals surface area contributed by atoms with E-state index < -0.39 is 11.6 Å². The van der Waals surface area contributed by atoms with Crippen molar-refractivity contribution >= 4 is 5.82 Å². The molecule has 1 fully saturated rings. The number of pyridine rings is 1. The molecule has 2 rings (SSSR count). The van der Waals surface area contributed by atoms with Crippen LogP contribution in [0.25, 0.3) is 0 Å². The summed E-state index contributed by atoms with van der Waals surface area (Å²) in [4.78, 5) is 3.76. The van der Waals surface area contributed by atoms with Crippen LogP contribution < -0.4 is 10.1 Å². The quantitative estimate of drug-likeness (QED) is 0.899. The third-order valence-corrected chi connectivity index (χ3v) is 2.93. The van der Waals surface area contributed by atoms with Crippen LogP contribution in [0, 0.1) is 17.6 Å². The summed E-state index contributed by atoms with van der Waals surface area (Å²) < 4.78 is 37.2. The van der Waals surface area contributed by atoms with Crippen molar-refractivity contribution < 1.29 is 18.3 Å². The zero-order valence-electron chi connectivity index (χ0n) is 10.2. The van der Waals surface area contributed by atoms with E-state index in [1.807, 2.05) is 0 Å². The van der Waals surface area contributed by atoms with Gasteiger partial charge in [-0.3, -0.25) is 0 Å². The molecule has 6 heteroatoms. The Morgan fingerprint density at radius 1 is 1.39 bits per heavy atom. The highest BCUT2D eigenvalue weighted by molar-refractivity contribution is 5.38. The number of hydrogen-bond acceptors (Lipinski definition) is 4. The van der Waals surface area contributed by atoms with Crippen LogP contribution in [0.2, 0.25) is 0 Å². The first-order valence-electron chi connectivity index (χ1n) is 5.95. The molecule has 0 amide bonds. The van der Waals surface area contributed by atoms with Crippen LogP contribution in [0.5, 0.6) is 5.88 Å². The maximum absolute atomic E-state index is 13.4. The standard InChI is InChI=1S/C12H16F2N2O2/c1-15-11-9(13)6-10(14)12(16-11)18-7-8-2-4-17-5-3-8/h6,8H,2-5,7H2,1H3,(H,15,16). The summed E-state index contributed by atoms with van der Waals surface area (Å²) in [6.45, 7) is 1.78. The Morgan fingerprint density at radius 2 is 2.11 bits per heavy atom. The molecule has 1 N–H and O–H groups in total. The molecular formula is C12H16F2N2O2. The number of nitrogens with one attached hydrogen (secondary N) is 1. The van der Waals surface area contributed by atoms with Gasteiger partial charge < -0.3 is 14.8 Å². The summed E-state index contributed by atoms with van der Waals surface area (Å²) in [7, 11) is 1.52. The second kappa shape index (κ2) is 5.95. The van der Waals surface area contributed by atoms with Gasteiger partial charge in [-0.05, 0) is 18.8 Å². The monoisotopic (exact) mass is 258 g/mol. The van der Waals surface area contributed by atoms with Gasteiger partial charge in [0.15, 0.2) is 17.5 Å². The van der Waals surface area contributed by atoms with E-state index in [0.29, 0.717) is 25.7 Å². The average molecular weight is 258 g/mol. The third-order valence-electron chi connectivity index (χ3n) is 2.93. The van der Waals surface area contributed by atoms with Gasteiger partial charge in [-0.15, -0.1) is 0 Å². The number of hydrogen-bond donors (Lipinski definition) is 1. The Kier molecular flexibility index (Phi) is 4.30. The summed E-state index contributed by atoms with van der Waals surface area (Å²) >= 11 is 0. The normalized spacial score (nSPS) is 16.6. The number of aromatic nitrogens is 1. The van der Waals surface area contributed by atoms with Gasteiger partial charge in [0.05, 0.1) is 6.61 Å². The Labute approximate surface area is 104 Å². The van der Waals surface area contributed by atoms with Gasteiger partial charge in [-0.1, -0.05) is 0 Å². The molecule has 4 nitrogen and oxygen atoms in total. The largest absolute Gasteiger partial charge is 0.475 e. The van der Waals surface area contributed by atoms with E-state index in [0.717, 1.165) is 18.9 Å².